The maximum absolute atomic E-state index is 12.5. The molecular formula is C17H28N4O11. The molecule has 5 atom stereocenters. The van der Waals surface area contributed by atoms with Crippen LogP contribution in [-0.4, -0.2) is 98.0 Å². The van der Waals surface area contributed by atoms with Crippen LogP contribution in [0.1, 0.15) is 32.6 Å². The molecule has 0 aromatic rings. The summed E-state index contributed by atoms with van der Waals surface area (Å²) < 4.78 is 0. The molecule has 182 valence electrons. The van der Waals surface area contributed by atoms with Crippen LogP contribution in [-0.2, 0) is 28.8 Å². The van der Waals surface area contributed by atoms with Gasteiger partial charge in [0.05, 0.1) is 18.8 Å². The number of carboxylic acid groups (broad SMARTS) is 3. The predicted molar refractivity (Wildman–Crippen MR) is 104 cm³/mol. The van der Waals surface area contributed by atoms with Crippen LogP contribution in [0.4, 0.5) is 0 Å². The first-order chi connectivity index (χ1) is 14.8. The fourth-order valence-electron chi connectivity index (χ4n) is 2.33. The first-order valence-electron chi connectivity index (χ1n) is 9.42. The number of aliphatic hydroxyl groups excluding tert-OH is 2. The van der Waals surface area contributed by atoms with Gasteiger partial charge >= 0.3 is 17.9 Å². The largest absolute Gasteiger partial charge is 0.481 e. The SMILES string of the molecule is CC(O)C(NC(=O)C(N)CCC(=O)O)C(=O)NC(CCC(=O)O)C(=O)NC(CO)C(=O)O. The molecule has 0 aliphatic rings. The van der Waals surface area contributed by atoms with Gasteiger partial charge in [-0.3, -0.25) is 24.0 Å². The Morgan fingerprint density at radius 2 is 1.28 bits per heavy atom. The number of hydrogen-bond donors (Lipinski definition) is 9. The molecule has 0 saturated heterocycles. The minimum absolute atomic E-state index is 0.253. The summed E-state index contributed by atoms with van der Waals surface area (Å²) in [5.74, 6) is -7.28. The number of nitrogens with one attached hydrogen (secondary N) is 3. The number of aliphatic hydroxyl groups is 2. The Kier molecular flexibility index (Phi) is 12.5. The summed E-state index contributed by atoms with van der Waals surface area (Å²) in [7, 11) is 0. The van der Waals surface area contributed by atoms with E-state index >= 15 is 0 Å². The average Bonchev–Trinajstić information content (AvgIpc) is 2.69. The Morgan fingerprint density at radius 1 is 0.781 bits per heavy atom. The van der Waals surface area contributed by atoms with E-state index in [9.17, 15) is 33.9 Å². The third kappa shape index (κ3) is 10.6. The van der Waals surface area contributed by atoms with Gasteiger partial charge in [-0.05, 0) is 19.8 Å². The third-order valence-electron chi connectivity index (χ3n) is 4.15. The van der Waals surface area contributed by atoms with Crippen molar-refractivity contribution >= 4 is 35.6 Å². The molecule has 0 aliphatic heterocycles. The van der Waals surface area contributed by atoms with Gasteiger partial charge in [0, 0.05) is 12.8 Å². The summed E-state index contributed by atoms with van der Waals surface area (Å²) in [6, 6.07) is -6.25. The smallest absolute Gasteiger partial charge is 0.328 e. The quantitative estimate of drug-likeness (QED) is 0.112. The molecule has 0 spiro atoms. The lowest BCUT2D eigenvalue weighted by atomic mass is 10.1. The van der Waals surface area contributed by atoms with Crippen molar-refractivity contribution in [3.8, 4) is 0 Å². The van der Waals surface area contributed by atoms with Crippen molar-refractivity contribution < 1.29 is 54.3 Å². The lowest BCUT2D eigenvalue weighted by molar-refractivity contribution is -0.144. The van der Waals surface area contributed by atoms with Gasteiger partial charge in [-0.15, -0.1) is 0 Å². The van der Waals surface area contributed by atoms with Crippen molar-refractivity contribution in [3.05, 3.63) is 0 Å². The molecule has 0 aromatic heterocycles. The zero-order chi connectivity index (χ0) is 25.0. The molecule has 0 heterocycles. The van der Waals surface area contributed by atoms with Gasteiger partial charge in [0.25, 0.3) is 0 Å². The van der Waals surface area contributed by atoms with E-state index in [1.807, 2.05) is 5.32 Å². The Bertz CT molecular complexity index is 713. The number of carboxylic acids is 3. The summed E-state index contributed by atoms with van der Waals surface area (Å²) in [5.41, 5.74) is 5.55. The molecule has 0 saturated carbocycles. The molecular weight excluding hydrogens is 436 g/mol. The molecule has 0 radical (unpaired) electrons. The number of nitrogens with two attached hydrogens (primary N) is 1. The minimum atomic E-state index is -1.72. The molecule has 10 N–H and O–H groups in total. The van der Waals surface area contributed by atoms with Crippen molar-refractivity contribution in [1.82, 2.24) is 16.0 Å². The van der Waals surface area contributed by atoms with E-state index in [4.69, 9.17) is 26.2 Å². The van der Waals surface area contributed by atoms with E-state index < -0.39 is 91.8 Å². The van der Waals surface area contributed by atoms with Crippen LogP contribution in [0.3, 0.4) is 0 Å². The highest BCUT2D eigenvalue weighted by molar-refractivity contribution is 5.94. The normalized spacial score (nSPS) is 15.4. The van der Waals surface area contributed by atoms with Gasteiger partial charge in [-0.1, -0.05) is 0 Å². The standard InChI is InChI=1S/C17H28N4O11/c1-7(23)13(21-14(28)8(18)2-4-11(24)25)16(30)19-9(3-5-12(26)27)15(29)20-10(6-22)17(31)32/h7-10,13,22-23H,2-6,18H2,1H3,(H,19,30)(H,20,29)(H,21,28)(H,24,25)(H,26,27)(H,31,32). The molecule has 0 aromatic carbocycles. The van der Waals surface area contributed by atoms with Crippen LogP contribution in [0.25, 0.3) is 0 Å². The molecule has 0 bridgehead atoms. The van der Waals surface area contributed by atoms with Crippen molar-refractivity contribution in [3.63, 3.8) is 0 Å². The number of rotatable bonds is 15. The summed E-state index contributed by atoms with van der Waals surface area (Å²) in [6.45, 7) is 0.160. The first-order valence-corrected chi connectivity index (χ1v) is 9.42. The van der Waals surface area contributed by atoms with Gasteiger partial charge in [0.15, 0.2) is 0 Å². The average molecular weight is 464 g/mol. The molecule has 15 heteroatoms. The Morgan fingerprint density at radius 3 is 1.72 bits per heavy atom. The number of carbonyl (C=O) groups excluding carboxylic acids is 3. The first kappa shape index (κ1) is 28.7. The zero-order valence-corrected chi connectivity index (χ0v) is 17.2. The molecule has 32 heavy (non-hydrogen) atoms. The second-order valence-electron chi connectivity index (χ2n) is 6.84. The number of aliphatic carboxylic acids is 3. The van der Waals surface area contributed by atoms with Crippen LogP contribution >= 0.6 is 0 Å². The summed E-state index contributed by atoms with van der Waals surface area (Å²) in [5, 5.41) is 51.4. The molecule has 0 rings (SSSR count). The number of carbonyl (C=O) groups is 6. The summed E-state index contributed by atoms with van der Waals surface area (Å²) in [4.78, 5) is 69.3. The van der Waals surface area contributed by atoms with E-state index in [0.717, 1.165) is 6.92 Å². The lowest BCUT2D eigenvalue weighted by Crippen LogP contribution is -2.60. The van der Waals surface area contributed by atoms with Gasteiger partial charge in [-0.25, -0.2) is 4.79 Å². The predicted octanol–water partition coefficient (Wildman–Crippen LogP) is -4.04. The number of hydrogen-bond acceptors (Lipinski definition) is 9. The van der Waals surface area contributed by atoms with E-state index in [2.05, 4.69) is 10.6 Å². The molecule has 5 unspecified atom stereocenters. The summed E-state index contributed by atoms with van der Waals surface area (Å²) >= 11 is 0. The monoisotopic (exact) mass is 464 g/mol. The number of amides is 3. The fraction of sp³-hybridized carbons (Fsp3) is 0.647. The fourth-order valence-corrected chi connectivity index (χ4v) is 2.33. The van der Waals surface area contributed by atoms with E-state index in [-0.39, 0.29) is 6.42 Å². The Hall–Kier alpha value is -3.30. The van der Waals surface area contributed by atoms with E-state index in [0.29, 0.717) is 0 Å². The van der Waals surface area contributed by atoms with Crippen LogP contribution < -0.4 is 21.7 Å². The molecule has 3 amide bonds. The Labute approximate surface area is 182 Å². The zero-order valence-electron chi connectivity index (χ0n) is 17.2. The van der Waals surface area contributed by atoms with E-state index in [1.165, 1.54) is 0 Å². The highest BCUT2D eigenvalue weighted by atomic mass is 16.4. The molecule has 0 aliphatic carbocycles. The summed E-state index contributed by atoms with van der Waals surface area (Å²) in [6.07, 6.45) is -3.24. The topological polar surface area (TPSA) is 266 Å². The lowest BCUT2D eigenvalue weighted by Gasteiger charge is -2.26. The van der Waals surface area contributed by atoms with Crippen molar-refractivity contribution in [2.75, 3.05) is 6.61 Å². The minimum Gasteiger partial charge on any atom is -0.481 e. The van der Waals surface area contributed by atoms with Gasteiger partial charge in [0.2, 0.25) is 17.7 Å². The second-order valence-corrected chi connectivity index (χ2v) is 6.84. The second kappa shape index (κ2) is 13.9. The maximum atomic E-state index is 12.5. The van der Waals surface area contributed by atoms with Gasteiger partial charge in [-0.2, -0.15) is 0 Å². The van der Waals surface area contributed by atoms with Gasteiger partial charge in [0.1, 0.15) is 18.1 Å². The highest BCUT2D eigenvalue weighted by Gasteiger charge is 2.32. The van der Waals surface area contributed by atoms with Gasteiger partial charge < -0.3 is 47.2 Å². The van der Waals surface area contributed by atoms with Crippen molar-refractivity contribution in [1.29, 1.82) is 0 Å². The Balaban J connectivity index is 5.37. The van der Waals surface area contributed by atoms with Crippen LogP contribution in [0.2, 0.25) is 0 Å². The van der Waals surface area contributed by atoms with E-state index in [1.54, 1.807) is 0 Å². The molecule has 0 fully saturated rings. The van der Waals surface area contributed by atoms with Crippen molar-refractivity contribution in [2.24, 2.45) is 5.73 Å². The maximum Gasteiger partial charge on any atom is 0.328 e. The highest BCUT2D eigenvalue weighted by Crippen LogP contribution is 2.04. The van der Waals surface area contributed by atoms with Crippen LogP contribution in [0.15, 0.2) is 0 Å². The third-order valence-corrected chi connectivity index (χ3v) is 4.15. The molecule has 15 nitrogen and oxygen atoms in total. The van der Waals surface area contributed by atoms with Crippen LogP contribution in [0, 0.1) is 0 Å². The van der Waals surface area contributed by atoms with Crippen LogP contribution in [0.5, 0.6) is 0 Å². The van der Waals surface area contributed by atoms with Crippen molar-refractivity contribution in [2.45, 2.75) is 62.9 Å².